The first-order valence-corrected chi connectivity index (χ1v) is 7.17. The molecule has 1 aliphatic rings. The zero-order chi connectivity index (χ0) is 14.0. The minimum absolute atomic E-state index is 0.0289. The number of rotatable bonds is 3. The number of amides is 1. The third-order valence-corrected chi connectivity index (χ3v) is 4.00. The van der Waals surface area contributed by atoms with E-state index in [0.29, 0.717) is 17.3 Å². The van der Waals surface area contributed by atoms with Crippen molar-refractivity contribution in [2.45, 2.75) is 46.0 Å². The van der Waals surface area contributed by atoms with Crippen LogP contribution in [0.5, 0.6) is 0 Å². The molecule has 1 atom stereocenters. The first-order valence-electron chi connectivity index (χ1n) is 7.17. The van der Waals surface area contributed by atoms with E-state index in [4.69, 9.17) is 5.73 Å². The lowest BCUT2D eigenvalue weighted by Crippen LogP contribution is -2.40. The van der Waals surface area contributed by atoms with Gasteiger partial charge in [-0.15, -0.1) is 0 Å². The van der Waals surface area contributed by atoms with Crippen molar-refractivity contribution in [1.82, 2.24) is 15.1 Å². The van der Waals surface area contributed by atoms with Crippen LogP contribution in [0.15, 0.2) is 0 Å². The first-order chi connectivity index (χ1) is 9.04. The number of likely N-dealkylation sites (tertiary alicyclic amines) is 1. The van der Waals surface area contributed by atoms with Crippen LogP contribution in [0.2, 0.25) is 0 Å². The van der Waals surface area contributed by atoms with Gasteiger partial charge in [0.25, 0.3) is 5.91 Å². The van der Waals surface area contributed by atoms with Crippen molar-refractivity contribution in [3.8, 4) is 0 Å². The van der Waals surface area contributed by atoms with Gasteiger partial charge in [0.2, 0.25) is 0 Å². The lowest BCUT2D eigenvalue weighted by molar-refractivity contribution is 0.0666. The van der Waals surface area contributed by atoms with Gasteiger partial charge in [-0.25, -0.2) is 0 Å². The molecule has 5 heteroatoms. The molecule has 2 heterocycles. The molecule has 0 aliphatic carbocycles. The molecular formula is C14H24N4O. The molecule has 1 unspecified atom stereocenters. The number of carbonyl (C=O) groups is 1. The molecule has 1 aliphatic heterocycles. The van der Waals surface area contributed by atoms with Gasteiger partial charge < -0.3 is 10.6 Å². The Labute approximate surface area is 114 Å². The Balaban J connectivity index is 2.15. The second-order valence-corrected chi connectivity index (χ2v) is 5.72. The number of nitrogens with two attached hydrogens (primary N) is 1. The fourth-order valence-electron chi connectivity index (χ4n) is 2.70. The van der Waals surface area contributed by atoms with Gasteiger partial charge in [-0.2, -0.15) is 5.10 Å². The summed E-state index contributed by atoms with van der Waals surface area (Å²) >= 11 is 0. The van der Waals surface area contributed by atoms with Crippen molar-refractivity contribution in [3.63, 3.8) is 0 Å². The van der Waals surface area contributed by atoms with Crippen molar-refractivity contribution < 1.29 is 4.79 Å². The number of nitrogens with zero attached hydrogens (tertiary/aromatic N) is 2. The third-order valence-electron chi connectivity index (χ3n) is 4.00. The fourth-order valence-corrected chi connectivity index (χ4v) is 2.70. The van der Waals surface area contributed by atoms with E-state index in [1.807, 2.05) is 18.7 Å². The van der Waals surface area contributed by atoms with Crippen LogP contribution < -0.4 is 5.73 Å². The van der Waals surface area contributed by atoms with Crippen LogP contribution in [0.3, 0.4) is 0 Å². The molecule has 19 heavy (non-hydrogen) atoms. The SMILES string of the molecule is CCC1CCCN(C(=O)c2n[nH]c(C(C)C)c2N)C1. The van der Waals surface area contributed by atoms with Gasteiger partial charge in [0.1, 0.15) is 0 Å². The van der Waals surface area contributed by atoms with Crippen molar-refractivity contribution in [2.24, 2.45) is 5.92 Å². The summed E-state index contributed by atoms with van der Waals surface area (Å²) in [6.07, 6.45) is 3.41. The van der Waals surface area contributed by atoms with Crippen molar-refractivity contribution in [2.75, 3.05) is 18.8 Å². The smallest absolute Gasteiger partial charge is 0.276 e. The van der Waals surface area contributed by atoms with Gasteiger partial charge in [0.15, 0.2) is 5.69 Å². The molecule has 5 nitrogen and oxygen atoms in total. The van der Waals surface area contributed by atoms with E-state index in [9.17, 15) is 4.79 Å². The lowest BCUT2D eigenvalue weighted by atomic mass is 9.95. The minimum atomic E-state index is -0.0289. The van der Waals surface area contributed by atoms with Crippen LogP contribution in [0.4, 0.5) is 5.69 Å². The molecule has 106 valence electrons. The quantitative estimate of drug-likeness (QED) is 0.880. The molecule has 0 bridgehead atoms. The van der Waals surface area contributed by atoms with Gasteiger partial charge in [-0.3, -0.25) is 9.89 Å². The van der Waals surface area contributed by atoms with E-state index in [-0.39, 0.29) is 11.8 Å². The van der Waals surface area contributed by atoms with Crippen molar-refractivity contribution >= 4 is 11.6 Å². The number of nitrogen functional groups attached to an aromatic ring is 1. The Morgan fingerprint density at radius 2 is 2.32 bits per heavy atom. The van der Waals surface area contributed by atoms with E-state index >= 15 is 0 Å². The summed E-state index contributed by atoms with van der Waals surface area (Å²) < 4.78 is 0. The van der Waals surface area contributed by atoms with Gasteiger partial charge in [-0.1, -0.05) is 27.2 Å². The maximum absolute atomic E-state index is 12.5. The van der Waals surface area contributed by atoms with Crippen LogP contribution in [-0.2, 0) is 0 Å². The van der Waals surface area contributed by atoms with Crippen molar-refractivity contribution in [3.05, 3.63) is 11.4 Å². The van der Waals surface area contributed by atoms with Gasteiger partial charge in [-0.05, 0) is 24.7 Å². The number of aromatic amines is 1. The van der Waals surface area contributed by atoms with Crippen LogP contribution >= 0.6 is 0 Å². The summed E-state index contributed by atoms with van der Waals surface area (Å²) in [5, 5.41) is 7.02. The number of nitrogens with one attached hydrogen (secondary N) is 1. The van der Waals surface area contributed by atoms with Gasteiger partial charge in [0.05, 0.1) is 11.4 Å². The molecule has 1 amide bonds. The van der Waals surface area contributed by atoms with Crippen LogP contribution in [0, 0.1) is 5.92 Å². The monoisotopic (exact) mass is 264 g/mol. The molecule has 0 spiro atoms. The molecule has 0 saturated carbocycles. The molecular weight excluding hydrogens is 240 g/mol. The second-order valence-electron chi connectivity index (χ2n) is 5.72. The zero-order valence-corrected chi connectivity index (χ0v) is 12.1. The highest BCUT2D eigenvalue weighted by atomic mass is 16.2. The molecule has 1 fully saturated rings. The first kappa shape index (κ1) is 13.9. The summed E-state index contributed by atoms with van der Waals surface area (Å²) in [5.74, 6) is 0.833. The molecule has 1 aromatic heterocycles. The third kappa shape index (κ3) is 2.74. The number of piperidine rings is 1. The highest BCUT2D eigenvalue weighted by Crippen LogP contribution is 2.25. The Bertz CT molecular complexity index is 452. The highest BCUT2D eigenvalue weighted by molar-refractivity contribution is 5.97. The predicted molar refractivity (Wildman–Crippen MR) is 76.0 cm³/mol. The predicted octanol–water partition coefficient (Wildman–Crippen LogP) is 2.38. The average molecular weight is 264 g/mol. The van der Waals surface area contributed by atoms with Crippen LogP contribution in [0.25, 0.3) is 0 Å². The van der Waals surface area contributed by atoms with E-state index in [0.717, 1.165) is 31.6 Å². The zero-order valence-electron chi connectivity index (χ0n) is 12.1. The lowest BCUT2D eigenvalue weighted by Gasteiger charge is -2.31. The topological polar surface area (TPSA) is 75.0 Å². The van der Waals surface area contributed by atoms with Gasteiger partial charge >= 0.3 is 0 Å². The number of H-pyrrole nitrogens is 1. The maximum atomic E-state index is 12.5. The number of carbonyl (C=O) groups excluding carboxylic acids is 1. The fraction of sp³-hybridized carbons (Fsp3) is 0.714. The standard InChI is InChI=1S/C14H24N4O/c1-4-10-6-5-7-18(8-10)14(19)13-11(15)12(9(2)3)16-17-13/h9-10H,4-8,15H2,1-3H3,(H,16,17). The van der Waals surface area contributed by atoms with Gasteiger partial charge in [0, 0.05) is 13.1 Å². The van der Waals surface area contributed by atoms with E-state index < -0.39 is 0 Å². The Hall–Kier alpha value is -1.52. The average Bonchev–Trinajstić information content (AvgIpc) is 2.80. The number of aromatic nitrogens is 2. The number of anilines is 1. The summed E-state index contributed by atoms with van der Waals surface area (Å²) in [4.78, 5) is 14.4. The summed E-state index contributed by atoms with van der Waals surface area (Å²) in [6.45, 7) is 7.90. The molecule has 3 N–H and O–H groups in total. The molecule has 1 saturated heterocycles. The van der Waals surface area contributed by atoms with Crippen LogP contribution in [0.1, 0.15) is 62.1 Å². The second kappa shape index (κ2) is 5.63. The van der Waals surface area contributed by atoms with E-state index in [2.05, 4.69) is 17.1 Å². The molecule has 0 radical (unpaired) electrons. The Kier molecular flexibility index (Phi) is 4.12. The summed E-state index contributed by atoms with van der Waals surface area (Å²) in [5.41, 5.74) is 7.79. The number of hydrogen-bond donors (Lipinski definition) is 2. The molecule has 1 aromatic rings. The molecule has 0 aromatic carbocycles. The normalized spacial score (nSPS) is 20.0. The van der Waals surface area contributed by atoms with E-state index in [1.54, 1.807) is 0 Å². The summed E-state index contributed by atoms with van der Waals surface area (Å²) in [7, 11) is 0. The Morgan fingerprint density at radius 3 is 2.89 bits per heavy atom. The number of hydrogen-bond acceptors (Lipinski definition) is 3. The van der Waals surface area contributed by atoms with Crippen LogP contribution in [-0.4, -0.2) is 34.1 Å². The van der Waals surface area contributed by atoms with Crippen molar-refractivity contribution in [1.29, 1.82) is 0 Å². The molecule has 2 rings (SSSR count). The minimum Gasteiger partial charge on any atom is -0.395 e. The largest absolute Gasteiger partial charge is 0.395 e. The Morgan fingerprint density at radius 1 is 1.58 bits per heavy atom. The summed E-state index contributed by atoms with van der Waals surface area (Å²) in [6, 6.07) is 0. The van der Waals surface area contributed by atoms with E-state index in [1.165, 1.54) is 6.42 Å². The maximum Gasteiger partial charge on any atom is 0.276 e. The highest BCUT2D eigenvalue weighted by Gasteiger charge is 2.27.